The third-order valence-corrected chi connectivity index (χ3v) is 5.25. The first-order chi connectivity index (χ1) is 13.7. The van der Waals surface area contributed by atoms with Crippen molar-refractivity contribution in [1.29, 1.82) is 0 Å². The van der Waals surface area contributed by atoms with Crippen LogP contribution in [0.5, 0.6) is 0 Å². The molecule has 1 saturated heterocycles. The molecule has 28 heavy (non-hydrogen) atoms. The van der Waals surface area contributed by atoms with Gasteiger partial charge >= 0.3 is 0 Å². The van der Waals surface area contributed by atoms with E-state index in [1.54, 1.807) is 4.90 Å². The van der Waals surface area contributed by atoms with Crippen LogP contribution in [0.25, 0.3) is 5.65 Å². The molecule has 1 aliphatic rings. The minimum atomic E-state index is -0.307. The molecule has 3 aromatic rings. The summed E-state index contributed by atoms with van der Waals surface area (Å²) in [5.74, 6) is -0.353. The Morgan fingerprint density at radius 1 is 1.21 bits per heavy atom. The van der Waals surface area contributed by atoms with E-state index in [-0.39, 0.29) is 24.2 Å². The Labute approximate surface area is 164 Å². The molecule has 3 heterocycles. The summed E-state index contributed by atoms with van der Waals surface area (Å²) in [6.45, 7) is 3.03. The average Bonchev–Trinajstić information content (AvgIpc) is 3.30. The van der Waals surface area contributed by atoms with Gasteiger partial charge in [-0.15, -0.1) is 0 Å². The zero-order valence-electron chi connectivity index (χ0n) is 16.0. The molecule has 144 valence electrons. The monoisotopic (exact) mass is 376 g/mol. The highest BCUT2D eigenvalue weighted by Crippen LogP contribution is 2.28. The number of nitrogens with one attached hydrogen (secondary N) is 1. The van der Waals surface area contributed by atoms with E-state index in [9.17, 15) is 9.59 Å². The number of pyridine rings is 1. The van der Waals surface area contributed by atoms with Crippen LogP contribution in [-0.2, 0) is 22.4 Å². The van der Waals surface area contributed by atoms with Gasteiger partial charge < -0.3 is 14.6 Å². The summed E-state index contributed by atoms with van der Waals surface area (Å²) in [6.07, 6.45) is 5.71. The van der Waals surface area contributed by atoms with Crippen LogP contribution in [0.2, 0.25) is 0 Å². The first-order valence-corrected chi connectivity index (χ1v) is 9.74. The molecular weight excluding hydrogens is 352 g/mol. The number of amides is 2. The molecule has 1 aliphatic heterocycles. The van der Waals surface area contributed by atoms with Crippen molar-refractivity contribution in [3.8, 4) is 0 Å². The second-order valence-corrected chi connectivity index (χ2v) is 7.13. The molecule has 6 heteroatoms. The maximum Gasteiger partial charge on any atom is 0.227 e. The lowest BCUT2D eigenvalue weighted by Gasteiger charge is -2.19. The number of benzene rings is 1. The smallest absolute Gasteiger partial charge is 0.227 e. The second-order valence-electron chi connectivity index (χ2n) is 7.13. The molecule has 0 unspecified atom stereocenters. The summed E-state index contributed by atoms with van der Waals surface area (Å²) in [5, 5.41) is 2.97. The van der Waals surface area contributed by atoms with Gasteiger partial charge in [0, 0.05) is 44.0 Å². The fraction of sp³-hybridized carbons (Fsp3) is 0.318. The number of carbonyl (C=O) groups is 2. The largest absolute Gasteiger partial charge is 0.355 e. The van der Waals surface area contributed by atoms with Crippen molar-refractivity contribution in [2.75, 3.05) is 18.0 Å². The van der Waals surface area contributed by atoms with Crippen LogP contribution in [0, 0.1) is 5.92 Å². The van der Waals surface area contributed by atoms with Crippen molar-refractivity contribution in [3.63, 3.8) is 0 Å². The number of rotatable bonds is 6. The number of hydrogen-bond donors (Lipinski definition) is 1. The zero-order chi connectivity index (χ0) is 19.5. The predicted molar refractivity (Wildman–Crippen MR) is 108 cm³/mol. The molecule has 2 aromatic heterocycles. The molecule has 1 atom stereocenters. The fourth-order valence-corrected chi connectivity index (χ4v) is 3.75. The summed E-state index contributed by atoms with van der Waals surface area (Å²) in [4.78, 5) is 31.3. The Hall–Kier alpha value is -3.15. The van der Waals surface area contributed by atoms with Crippen LogP contribution in [0.4, 0.5) is 5.69 Å². The summed E-state index contributed by atoms with van der Waals surface area (Å²) in [6, 6.07) is 13.8. The lowest BCUT2D eigenvalue weighted by molar-refractivity contribution is -0.126. The number of carbonyl (C=O) groups excluding carboxylic acids is 2. The molecule has 4 rings (SSSR count). The SMILES string of the molecule is CCc1ccccc1N1C[C@@H](C(=O)NCCc2cn3ccccc3n2)CC1=O. The van der Waals surface area contributed by atoms with Gasteiger partial charge in [-0.05, 0) is 30.2 Å². The topological polar surface area (TPSA) is 66.7 Å². The second kappa shape index (κ2) is 7.84. The average molecular weight is 376 g/mol. The standard InChI is InChI=1S/C22H24N4O2/c1-2-16-7-3-4-8-19(16)26-14-17(13-21(26)27)22(28)23-11-10-18-15-25-12-6-5-9-20(25)24-18/h3-9,12,15,17H,2,10-11,13-14H2,1H3,(H,23,28)/t17-/m0/s1. The molecule has 1 fully saturated rings. The van der Waals surface area contributed by atoms with Gasteiger partial charge in [0.1, 0.15) is 5.65 Å². The molecule has 2 amide bonds. The van der Waals surface area contributed by atoms with Crippen LogP contribution in [0.1, 0.15) is 24.6 Å². The van der Waals surface area contributed by atoms with Gasteiger partial charge in [-0.25, -0.2) is 4.98 Å². The van der Waals surface area contributed by atoms with Crippen LogP contribution in [-0.4, -0.2) is 34.3 Å². The minimum Gasteiger partial charge on any atom is -0.355 e. The van der Waals surface area contributed by atoms with Crippen molar-refractivity contribution in [2.24, 2.45) is 5.92 Å². The van der Waals surface area contributed by atoms with E-state index >= 15 is 0 Å². The normalized spacial score (nSPS) is 16.7. The van der Waals surface area contributed by atoms with Gasteiger partial charge in [-0.2, -0.15) is 0 Å². The van der Waals surface area contributed by atoms with E-state index in [1.165, 1.54) is 0 Å². The van der Waals surface area contributed by atoms with E-state index in [0.717, 1.165) is 29.0 Å². The van der Waals surface area contributed by atoms with E-state index < -0.39 is 0 Å². The first kappa shape index (κ1) is 18.2. The van der Waals surface area contributed by atoms with Gasteiger partial charge in [0.15, 0.2) is 0 Å². The Kier molecular flexibility index (Phi) is 5.10. The highest BCUT2D eigenvalue weighted by atomic mass is 16.2. The van der Waals surface area contributed by atoms with E-state index in [1.807, 2.05) is 59.3 Å². The van der Waals surface area contributed by atoms with E-state index in [0.29, 0.717) is 19.5 Å². The number of aryl methyl sites for hydroxylation is 1. The number of fused-ring (bicyclic) bond motifs is 1. The van der Waals surface area contributed by atoms with Crippen LogP contribution >= 0.6 is 0 Å². The molecular formula is C22H24N4O2. The lowest BCUT2D eigenvalue weighted by Crippen LogP contribution is -2.34. The predicted octanol–water partition coefficient (Wildman–Crippen LogP) is 2.61. The number of imidazole rings is 1. The minimum absolute atomic E-state index is 0.0152. The molecule has 0 radical (unpaired) electrons. The molecule has 0 bridgehead atoms. The fourth-order valence-electron chi connectivity index (χ4n) is 3.75. The lowest BCUT2D eigenvalue weighted by atomic mass is 10.1. The number of para-hydroxylation sites is 1. The van der Waals surface area contributed by atoms with Crippen LogP contribution in [0.3, 0.4) is 0 Å². The first-order valence-electron chi connectivity index (χ1n) is 9.74. The summed E-state index contributed by atoms with van der Waals surface area (Å²) < 4.78 is 1.97. The highest BCUT2D eigenvalue weighted by molar-refractivity contribution is 6.00. The van der Waals surface area contributed by atoms with Gasteiger partial charge in [0.2, 0.25) is 11.8 Å². The van der Waals surface area contributed by atoms with Crippen molar-refractivity contribution >= 4 is 23.1 Å². The van der Waals surface area contributed by atoms with Gasteiger partial charge in [-0.1, -0.05) is 31.2 Å². The number of nitrogens with zero attached hydrogens (tertiary/aromatic N) is 3. The van der Waals surface area contributed by atoms with Crippen LogP contribution in [0.15, 0.2) is 54.9 Å². The van der Waals surface area contributed by atoms with Crippen molar-refractivity contribution in [3.05, 3.63) is 66.1 Å². The van der Waals surface area contributed by atoms with Gasteiger partial charge in [0.05, 0.1) is 11.6 Å². The molecule has 1 aromatic carbocycles. The zero-order valence-corrected chi connectivity index (χ0v) is 16.0. The van der Waals surface area contributed by atoms with E-state index in [4.69, 9.17) is 0 Å². The molecule has 6 nitrogen and oxygen atoms in total. The van der Waals surface area contributed by atoms with Crippen LogP contribution < -0.4 is 10.2 Å². The molecule has 0 aliphatic carbocycles. The summed E-state index contributed by atoms with van der Waals surface area (Å²) in [5.41, 5.74) is 3.89. The molecule has 0 spiro atoms. The summed E-state index contributed by atoms with van der Waals surface area (Å²) >= 11 is 0. The third-order valence-electron chi connectivity index (χ3n) is 5.25. The van der Waals surface area contributed by atoms with Gasteiger partial charge in [-0.3, -0.25) is 9.59 Å². The Balaban J connectivity index is 1.34. The quantitative estimate of drug-likeness (QED) is 0.719. The molecule has 0 saturated carbocycles. The van der Waals surface area contributed by atoms with Crippen molar-refractivity contribution < 1.29 is 9.59 Å². The Bertz CT molecular complexity index is 977. The van der Waals surface area contributed by atoms with E-state index in [2.05, 4.69) is 17.2 Å². The third kappa shape index (κ3) is 3.63. The molecule has 1 N–H and O–H groups in total. The maximum atomic E-state index is 12.6. The van der Waals surface area contributed by atoms with Crippen molar-refractivity contribution in [1.82, 2.24) is 14.7 Å². The van der Waals surface area contributed by atoms with Crippen molar-refractivity contribution in [2.45, 2.75) is 26.2 Å². The number of aromatic nitrogens is 2. The number of anilines is 1. The summed E-state index contributed by atoms with van der Waals surface area (Å²) in [7, 11) is 0. The maximum absolute atomic E-state index is 12.6. The van der Waals surface area contributed by atoms with Gasteiger partial charge in [0.25, 0.3) is 0 Å². The highest BCUT2D eigenvalue weighted by Gasteiger charge is 2.35. The Morgan fingerprint density at radius 2 is 2.04 bits per heavy atom. The Morgan fingerprint density at radius 3 is 2.86 bits per heavy atom. The number of hydrogen-bond acceptors (Lipinski definition) is 3.